The number of hydrogen-bond donors (Lipinski definition) is 1. The Balaban J connectivity index is 1.81. The van der Waals surface area contributed by atoms with E-state index in [0.29, 0.717) is 29.1 Å². The van der Waals surface area contributed by atoms with Crippen LogP contribution in [0.5, 0.6) is 0 Å². The second-order valence-corrected chi connectivity index (χ2v) is 7.35. The van der Waals surface area contributed by atoms with Crippen molar-refractivity contribution in [3.8, 4) is 11.8 Å². The van der Waals surface area contributed by atoms with Gasteiger partial charge in [-0.1, -0.05) is 23.4 Å². The van der Waals surface area contributed by atoms with Crippen molar-refractivity contribution in [1.82, 2.24) is 9.97 Å². The SMILES string of the molecule is CC1(C#Cc2cc3ncnc(Nc4cc(Cl)ccc4F)c3cc2[N+](=O)[O-])COC1. The van der Waals surface area contributed by atoms with Crippen LogP contribution in [-0.2, 0) is 4.74 Å². The highest BCUT2D eigenvalue weighted by Gasteiger charge is 2.31. The van der Waals surface area contributed by atoms with Gasteiger partial charge in [0.05, 0.1) is 34.8 Å². The molecule has 0 aliphatic carbocycles. The fourth-order valence-corrected chi connectivity index (χ4v) is 3.03. The summed E-state index contributed by atoms with van der Waals surface area (Å²) < 4.78 is 19.2. The lowest BCUT2D eigenvalue weighted by Crippen LogP contribution is -2.38. The first-order valence-electron chi connectivity index (χ1n) is 8.61. The van der Waals surface area contributed by atoms with Crippen LogP contribution in [0.3, 0.4) is 0 Å². The summed E-state index contributed by atoms with van der Waals surface area (Å²) in [4.78, 5) is 19.4. The summed E-state index contributed by atoms with van der Waals surface area (Å²) in [7, 11) is 0. The standard InChI is InChI=1S/C20H14ClFN4O3/c1-20(9-29-10-20)5-4-12-6-16-14(8-18(12)26(27)28)19(24-11-23-16)25-17-7-13(21)2-3-15(17)22/h2-3,6-8,11H,9-10H2,1H3,(H,23,24,25). The maximum atomic E-state index is 14.1. The zero-order chi connectivity index (χ0) is 20.6. The Bertz CT molecular complexity index is 1200. The van der Waals surface area contributed by atoms with E-state index in [0.717, 1.165) is 0 Å². The Kier molecular flexibility index (Phi) is 4.78. The molecule has 2 aromatic carbocycles. The number of nitro benzene ring substituents is 1. The molecule has 9 heteroatoms. The maximum Gasteiger partial charge on any atom is 0.285 e. The molecule has 0 amide bonds. The summed E-state index contributed by atoms with van der Waals surface area (Å²) in [6.45, 7) is 2.91. The predicted octanol–water partition coefficient (Wildman–Crippen LogP) is 4.46. The molecule has 146 valence electrons. The predicted molar refractivity (Wildman–Crippen MR) is 107 cm³/mol. The van der Waals surface area contributed by atoms with Crippen LogP contribution in [0.2, 0.25) is 5.02 Å². The molecular formula is C20H14ClFN4O3. The molecule has 0 bridgehead atoms. The molecule has 1 N–H and O–H groups in total. The van der Waals surface area contributed by atoms with Crippen LogP contribution in [-0.4, -0.2) is 28.1 Å². The molecule has 1 aliphatic rings. The van der Waals surface area contributed by atoms with Gasteiger partial charge in [0.15, 0.2) is 0 Å². The van der Waals surface area contributed by atoms with Gasteiger partial charge in [0.1, 0.15) is 23.5 Å². The van der Waals surface area contributed by atoms with E-state index in [9.17, 15) is 14.5 Å². The molecule has 1 fully saturated rings. The number of halogens is 2. The second-order valence-electron chi connectivity index (χ2n) is 6.92. The lowest BCUT2D eigenvalue weighted by Gasteiger charge is -2.32. The molecule has 0 saturated carbocycles. The number of anilines is 2. The van der Waals surface area contributed by atoms with Crippen molar-refractivity contribution < 1.29 is 14.1 Å². The van der Waals surface area contributed by atoms with E-state index in [1.165, 1.54) is 36.7 Å². The minimum absolute atomic E-state index is 0.0990. The van der Waals surface area contributed by atoms with Crippen LogP contribution < -0.4 is 5.32 Å². The molecule has 0 unspecified atom stereocenters. The van der Waals surface area contributed by atoms with Gasteiger partial charge in [-0.05, 0) is 31.2 Å². The number of nitrogens with one attached hydrogen (secondary N) is 1. The first-order valence-corrected chi connectivity index (χ1v) is 8.99. The minimum Gasteiger partial charge on any atom is -0.378 e. The number of ether oxygens (including phenoxy) is 1. The number of hydrogen-bond acceptors (Lipinski definition) is 6. The summed E-state index contributed by atoms with van der Waals surface area (Å²) in [5.74, 6) is 5.61. The van der Waals surface area contributed by atoms with Gasteiger partial charge in [-0.25, -0.2) is 14.4 Å². The van der Waals surface area contributed by atoms with Gasteiger partial charge in [0.2, 0.25) is 0 Å². The highest BCUT2D eigenvalue weighted by molar-refractivity contribution is 6.30. The summed E-state index contributed by atoms with van der Waals surface area (Å²) in [6, 6.07) is 6.91. The number of fused-ring (bicyclic) bond motifs is 1. The van der Waals surface area contributed by atoms with E-state index in [4.69, 9.17) is 16.3 Å². The van der Waals surface area contributed by atoms with Gasteiger partial charge in [-0.3, -0.25) is 10.1 Å². The molecular weight excluding hydrogens is 399 g/mol. The van der Waals surface area contributed by atoms with Crippen molar-refractivity contribution in [1.29, 1.82) is 0 Å². The van der Waals surface area contributed by atoms with E-state index >= 15 is 0 Å². The zero-order valence-corrected chi connectivity index (χ0v) is 16.0. The fraction of sp³-hybridized carbons (Fsp3) is 0.200. The minimum atomic E-state index is -0.533. The third kappa shape index (κ3) is 3.83. The second kappa shape index (κ2) is 7.28. The van der Waals surface area contributed by atoms with E-state index in [2.05, 4.69) is 27.1 Å². The van der Waals surface area contributed by atoms with Crippen molar-refractivity contribution in [2.24, 2.45) is 5.41 Å². The first-order chi connectivity index (χ1) is 13.8. The Morgan fingerprint density at radius 3 is 2.79 bits per heavy atom. The molecule has 0 spiro atoms. The van der Waals surface area contributed by atoms with E-state index in [1.807, 2.05) is 6.92 Å². The summed E-state index contributed by atoms with van der Waals surface area (Å²) in [5, 5.41) is 15.1. The summed E-state index contributed by atoms with van der Waals surface area (Å²) in [6.07, 6.45) is 1.29. The third-order valence-electron chi connectivity index (χ3n) is 4.47. The fourth-order valence-electron chi connectivity index (χ4n) is 2.86. The lowest BCUT2D eigenvalue weighted by atomic mass is 9.89. The van der Waals surface area contributed by atoms with Crippen molar-refractivity contribution in [3.63, 3.8) is 0 Å². The van der Waals surface area contributed by atoms with Crippen molar-refractivity contribution in [3.05, 3.63) is 63.2 Å². The van der Waals surface area contributed by atoms with E-state index < -0.39 is 10.7 Å². The number of rotatable bonds is 3. The van der Waals surface area contributed by atoms with Crippen LogP contribution >= 0.6 is 11.6 Å². The average Bonchev–Trinajstić information content (AvgIpc) is 2.67. The summed E-state index contributed by atoms with van der Waals surface area (Å²) >= 11 is 5.92. The number of nitrogens with zero attached hydrogens (tertiary/aromatic N) is 3. The quantitative estimate of drug-likeness (QED) is 0.388. The van der Waals surface area contributed by atoms with Crippen LogP contribution in [0, 0.1) is 33.2 Å². The third-order valence-corrected chi connectivity index (χ3v) is 4.71. The van der Waals surface area contributed by atoms with E-state index in [1.54, 1.807) is 0 Å². The monoisotopic (exact) mass is 412 g/mol. The normalized spacial score (nSPS) is 14.6. The highest BCUT2D eigenvalue weighted by atomic mass is 35.5. The van der Waals surface area contributed by atoms with Crippen LogP contribution in [0.15, 0.2) is 36.7 Å². The maximum absolute atomic E-state index is 14.1. The zero-order valence-electron chi connectivity index (χ0n) is 15.2. The number of nitro groups is 1. The Morgan fingerprint density at radius 2 is 2.10 bits per heavy atom. The molecule has 0 radical (unpaired) electrons. The highest BCUT2D eigenvalue weighted by Crippen LogP contribution is 2.32. The van der Waals surface area contributed by atoms with Crippen molar-refractivity contribution in [2.45, 2.75) is 6.92 Å². The first kappa shape index (κ1) is 19.1. The smallest absolute Gasteiger partial charge is 0.285 e. The van der Waals surface area contributed by atoms with Crippen molar-refractivity contribution in [2.75, 3.05) is 18.5 Å². The number of benzene rings is 2. The Labute approximate surface area is 170 Å². The molecule has 7 nitrogen and oxygen atoms in total. The van der Waals surface area contributed by atoms with E-state index in [-0.39, 0.29) is 28.2 Å². The van der Waals surface area contributed by atoms with Crippen LogP contribution in [0.25, 0.3) is 10.9 Å². The molecule has 3 aromatic rings. The molecule has 1 saturated heterocycles. The van der Waals surface area contributed by atoms with Gasteiger partial charge in [0.25, 0.3) is 5.69 Å². The molecule has 1 aliphatic heterocycles. The van der Waals surface area contributed by atoms with Crippen LogP contribution in [0.4, 0.5) is 21.6 Å². The largest absolute Gasteiger partial charge is 0.378 e. The summed E-state index contributed by atoms with van der Waals surface area (Å²) in [5.41, 5.74) is 0.287. The topological polar surface area (TPSA) is 90.2 Å². The average molecular weight is 413 g/mol. The number of aromatic nitrogens is 2. The van der Waals surface area contributed by atoms with Gasteiger partial charge >= 0.3 is 0 Å². The Hall–Kier alpha value is -3.28. The van der Waals surface area contributed by atoms with Gasteiger partial charge < -0.3 is 10.1 Å². The molecule has 4 rings (SSSR count). The molecule has 0 atom stereocenters. The molecule has 1 aromatic heterocycles. The molecule has 29 heavy (non-hydrogen) atoms. The molecule has 2 heterocycles. The lowest BCUT2D eigenvalue weighted by molar-refractivity contribution is -0.385. The van der Waals surface area contributed by atoms with Gasteiger partial charge in [-0.15, -0.1) is 0 Å². The Morgan fingerprint density at radius 1 is 1.31 bits per heavy atom. The van der Waals surface area contributed by atoms with Gasteiger partial charge in [0, 0.05) is 16.5 Å². The van der Waals surface area contributed by atoms with Crippen molar-refractivity contribution >= 4 is 39.7 Å². The van der Waals surface area contributed by atoms with Crippen LogP contribution in [0.1, 0.15) is 12.5 Å². The van der Waals surface area contributed by atoms with Gasteiger partial charge in [-0.2, -0.15) is 0 Å².